The van der Waals surface area contributed by atoms with Crippen LogP contribution in [0.4, 0.5) is 0 Å². The van der Waals surface area contributed by atoms with Gasteiger partial charge in [0.2, 0.25) is 5.91 Å². The molecule has 122 valence electrons. The van der Waals surface area contributed by atoms with Crippen molar-refractivity contribution in [3.63, 3.8) is 0 Å². The van der Waals surface area contributed by atoms with Crippen LogP contribution >= 0.6 is 11.3 Å². The Morgan fingerprint density at radius 3 is 3.17 bits per heavy atom. The number of hydrogen-bond acceptors (Lipinski definition) is 5. The van der Waals surface area contributed by atoms with Crippen LogP contribution in [-0.4, -0.2) is 39.9 Å². The third-order valence-corrected chi connectivity index (χ3v) is 5.21. The molecule has 2 aromatic heterocycles. The molecule has 23 heavy (non-hydrogen) atoms. The van der Waals surface area contributed by atoms with E-state index in [0.29, 0.717) is 6.54 Å². The molecule has 0 saturated carbocycles. The summed E-state index contributed by atoms with van der Waals surface area (Å²) in [5.41, 5.74) is 2.26. The van der Waals surface area contributed by atoms with E-state index in [1.165, 1.54) is 10.4 Å². The van der Waals surface area contributed by atoms with Crippen LogP contribution < -0.4 is 5.32 Å². The van der Waals surface area contributed by atoms with Crippen LogP contribution in [0, 0.1) is 6.92 Å². The maximum atomic E-state index is 12.4. The van der Waals surface area contributed by atoms with Crippen LogP contribution in [0.1, 0.15) is 28.9 Å². The van der Waals surface area contributed by atoms with Gasteiger partial charge in [-0.3, -0.25) is 9.69 Å². The van der Waals surface area contributed by atoms with Crippen LogP contribution in [0.15, 0.2) is 23.7 Å². The van der Waals surface area contributed by atoms with Crippen molar-refractivity contribution in [3.8, 4) is 0 Å². The van der Waals surface area contributed by atoms with Gasteiger partial charge in [-0.05, 0) is 43.7 Å². The summed E-state index contributed by atoms with van der Waals surface area (Å²) in [6, 6.07) is 4.00. The van der Waals surface area contributed by atoms with E-state index in [-0.39, 0.29) is 11.9 Å². The van der Waals surface area contributed by atoms with Gasteiger partial charge in [-0.15, -0.1) is 11.3 Å². The topological polar surface area (TPSA) is 58.1 Å². The van der Waals surface area contributed by atoms with Crippen molar-refractivity contribution >= 4 is 17.2 Å². The molecular weight excluding hydrogens is 308 g/mol. The molecule has 5 nitrogen and oxygen atoms in total. The van der Waals surface area contributed by atoms with E-state index >= 15 is 0 Å². The lowest BCUT2D eigenvalue weighted by Gasteiger charge is -2.32. The van der Waals surface area contributed by atoms with Gasteiger partial charge < -0.3 is 5.32 Å². The Labute approximate surface area is 140 Å². The van der Waals surface area contributed by atoms with E-state index in [1.54, 1.807) is 11.3 Å². The molecule has 0 fully saturated rings. The number of hydrogen-bond donors (Lipinski definition) is 1. The van der Waals surface area contributed by atoms with Gasteiger partial charge in [-0.2, -0.15) is 0 Å². The highest BCUT2D eigenvalue weighted by Crippen LogP contribution is 2.18. The zero-order valence-electron chi connectivity index (χ0n) is 13.6. The Morgan fingerprint density at radius 2 is 2.39 bits per heavy atom. The molecular formula is C17H22N4OS. The van der Waals surface area contributed by atoms with E-state index < -0.39 is 0 Å². The van der Waals surface area contributed by atoms with Crippen molar-refractivity contribution in [1.29, 1.82) is 0 Å². The van der Waals surface area contributed by atoms with Crippen LogP contribution in [0.3, 0.4) is 0 Å². The maximum absolute atomic E-state index is 12.4. The molecule has 0 bridgehead atoms. The molecule has 0 spiro atoms. The number of aryl methyl sites for hydroxylation is 1. The molecule has 1 atom stereocenters. The largest absolute Gasteiger partial charge is 0.354 e. The summed E-state index contributed by atoms with van der Waals surface area (Å²) in [5.74, 6) is 0.884. The first-order valence-electron chi connectivity index (χ1n) is 7.99. The summed E-state index contributed by atoms with van der Waals surface area (Å²) in [6.45, 7) is 6.16. The summed E-state index contributed by atoms with van der Waals surface area (Å²) in [6.07, 6.45) is 3.72. The van der Waals surface area contributed by atoms with Gasteiger partial charge in [0.15, 0.2) is 0 Å². The van der Waals surface area contributed by atoms with Gasteiger partial charge in [0.05, 0.1) is 11.7 Å². The van der Waals surface area contributed by atoms with Crippen molar-refractivity contribution in [1.82, 2.24) is 20.2 Å². The third kappa shape index (κ3) is 3.95. The highest BCUT2D eigenvalue weighted by atomic mass is 32.1. The van der Waals surface area contributed by atoms with Gasteiger partial charge in [-0.1, -0.05) is 6.07 Å². The smallest absolute Gasteiger partial charge is 0.237 e. The zero-order valence-corrected chi connectivity index (χ0v) is 14.4. The minimum atomic E-state index is -0.137. The predicted octanol–water partition coefficient (Wildman–Crippen LogP) is 1.95. The van der Waals surface area contributed by atoms with Gasteiger partial charge in [-0.25, -0.2) is 9.97 Å². The van der Waals surface area contributed by atoms with Crippen LogP contribution in [-0.2, 0) is 24.2 Å². The van der Waals surface area contributed by atoms with E-state index in [9.17, 15) is 4.79 Å². The Hall–Kier alpha value is -1.79. The number of aromatic nitrogens is 2. The third-order valence-electron chi connectivity index (χ3n) is 4.27. The van der Waals surface area contributed by atoms with Crippen LogP contribution in [0.2, 0.25) is 0 Å². The number of fused-ring (bicyclic) bond motifs is 1. The first kappa shape index (κ1) is 16.1. The van der Waals surface area contributed by atoms with Crippen molar-refractivity contribution in [3.05, 3.63) is 45.7 Å². The van der Waals surface area contributed by atoms with Crippen molar-refractivity contribution in [2.75, 3.05) is 13.1 Å². The Bertz CT molecular complexity index is 671. The first-order valence-corrected chi connectivity index (χ1v) is 8.87. The second kappa shape index (κ2) is 7.19. The first-order chi connectivity index (χ1) is 11.1. The zero-order chi connectivity index (χ0) is 16.2. The SMILES string of the molecule is Cc1ncc2c(n1)CN([C@@H](C)C(=O)NCCc1cccs1)CC2. The lowest BCUT2D eigenvalue weighted by molar-refractivity contribution is -0.126. The standard InChI is InChI=1S/C17H22N4OS/c1-12(17(22)18-7-5-15-4-3-9-23-15)21-8-6-14-10-19-13(2)20-16(14)11-21/h3-4,9-10,12H,5-8,11H2,1-2H3,(H,18,22)/t12-/m0/s1. The number of nitrogens with zero attached hydrogens (tertiary/aromatic N) is 3. The predicted molar refractivity (Wildman–Crippen MR) is 91.4 cm³/mol. The van der Waals surface area contributed by atoms with E-state index in [0.717, 1.165) is 37.4 Å². The van der Waals surface area contributed by atoms with E-state index in [4.69, 9.17) is 0 Å². The quantitative estimate of drug-likeness (QED) is 0.910. The van der Waals surface area contributed by atoms with Crippen LogP contribution in [0.25, 0.3) is 0 Å². The van der Waals surface area contributed by atoms with Gasteiger partial charge in [0.1, 0.15) is 5.82 Å². The van der Waals surface area contributed by atoms with Crippen molar-refractivity contribution in [2.45, 2.75) is 39.3 Å². The number of rotatable bonds is 5. The van der Waals surface area contributed by atoms with Crippen molar-refractivity contribution in [2.24, 2.45) is 0 Å². The summed E-state index contributed by atoms with van der Waals surface area (Å²) < 4.78 is 0. The number of thiophene rings is 1. The number of carbonyl (C=O) groups excluding carboxylic acids is 1. The molecule has 0 radical (unpaired) electrons. The van der Waals surface area contributed by atoms with Gasteiger partial charge >= 0.3 is 0 Å². The molecule has 3 rings (SSSR count). The lowest BCUT2D eigenvalue weighted by atomic mass is 10.0. The molecule has 0 aliphatic carbocycles. The number of nitrogens with one attached hydrogen (secondary N) is 1. The highest BCUT2D eigenvalue weighted by Gasteiger charge is 2.26. The average molecular weight is 330 g/mol. The molecule has 3 heterocycles. The molecule has 2 aromatic rings. The molecule has 0 saturated heterocycles. The number of carbonyl (C=O) groups is 1. The normalized spacial score (nSPS) is 15.9. The summed E-state index contributed by atoms with van der Waals surface area (Å²) >= 11 is 1.73. The van der Waals surface area contributed by atoms with Crippen LogP contribution in [0.5, 0.6) is 0 Å². The summed E-state index contributed by atoms with van der Waals surface area (Å²) in [5, 5.41) is 5.11. The molecule has 0 unspecified atom stereocenters. The molecule has 1 aliphatic heterocycles. The fourth-order valence-corrected chi connectivity index (χ4v) is 3.54. The Balaban J connectivity index is 1.53. The summed E-state index contributed by atoms with van der Waals surface area (Å²) in [7, 11) is 0. The monoisotopic (exact) mass is 330 g/mol. The van der Waals surface area contributed by atoms with Gasteiger partial charge in [0.25, 0.3) is 0 Å². The van der Waals surface area contributed by atoms with E-state index in [2.05, 4.69) is 31.6 Å². The Kier molecular flexibility index (Phi) is 5.03. The highest BCUT2D eigenvalue weighted by molar-refractivity contribution is 7.09. The molecule has 1 amide bonds. The molecule has 1 aliphatic rings. The average Bonchev–Trinajstić information content (AvgIpc) is 3.06. The summed E-state index contributed by atoms with van der Waals surface area (Å²) in [4.78, 5) is 24.6. The second-order valence-corrected chi connectivity index (χ2v) is 6.94. The maximum Gasteiger partial charge on any atom is 0.237 e. The molecule has 6 heteroatoms. The molecule has 1 N–H and O–H groups in total. The minimum Gasteiger partial charge on any atom is -0.354 e. The van der Waals surface area contributed by atoms with E-state index in [1.807, 2.05) is 26.1 Å². The minimum absolute atomic E-state index is 0.0933. The fraction of sp³-hybridized carbons (Fsp3) is 0.471. The lowest BCUT2D eigenvalue weighted by Crippen LogP contribution is -2.47. The fourth-order valence-electron chi connectivity index (χ4n) is 2.83. The van der Waals surface area contributed by atoms with Crippen molar-refractivity contribution < 1.29 is 4.79 Å². The number of amides is 1. The Morgan fingerprint density at radius 1 is 1.52 bits per heavy atom. The van der Waals surface area contributed by atoms with Gasteiger partial charge in [0, 0.05) is 30.7 Å². The second-order valence-electron chi connectivity index (χ2n) is 5.91. The molecule has 0 aromatic carbocycles.